The molecule has 5 heteroatoms. The van der Waals surface area contributed by atoms with Crippen molar-refractivity contribution in [3.8, 4) is 0 Å². The molecule has 0 radical (unpaired) electrons. The Bertz CT molecular complexity index is 646. The van der Waals surface area contributed by atoms with E-state index < -0.39 is 10.1 Å². The number of allylic oxidation sites excluding steroid dienone is 8. The number of halogens is 3. The summed E-state index contributed by atoms with van der Waals surface area (Å²) in [5.41, 5.74) is 0.975. The van der Waals surface area contributed by atoms with Gasteiger partial charge < -0.3 is 4.74 Å². The summed E-state index contributed by atoms with van der Waals surface area (Å²) < 4.78 is 4.52. The highest BCUT2D eigenvalue weighted by molar-refractivity contribution is 6.70. The molecular weight excluding hydrogens is 355 g/mol. The molecule has 0 unspecified atom stereocenters. The van der Waals surface area contributed by atoms with Crippen molar-refractivity contribution in [1.29, 1.82) is 0 Å². The van der Waals surface area contributed by atoms with Gasteiger partial charge in [0.1, 0.15) is 11.5 Å². The van der Waals surface area contributed by atoms with E-state index in [9.17, 15) is 4.79 Å². The lowest BCUT2D eigenvalue weighted by Gasteiger charge is -2.33. The first-order valence-electron chi connectivity index (χ1n) is 7.41. The Balaban J connectivity index is 2.53. The van der Waals surface area contributed by atoms with E-state index in [4.69, 9.17) is 39.5 Å². The molecule has 0 aromatic carbocycles. The maximum absolute atomic E-state index is 11.6. The predicted octanol–water partition coefficient (Wildman–Crippen LogP) is 6.05. The molecule has 0 aromatic heterocycles. The van der Waals surface area contributed by atoms with Gasteiger partial charge >= 0.3 is 0 Å². The molecule has 0 fully saturated rings. The third kappa shape index (κ3) is 3.55. The molecular formula is C18H21Cl3O2. The van der Waals surface area contributed by atoms with Crippen molar-refractivity contribution in [2.24, 2.45) is 10.8 Å². The summed E-state index contributed by atoms with van der Waals surface area (Å²) >= 11 is 18.1. The maximum atomic E-state index is 11.6. The number of ether oxygens (including phenoxy) is 1. The van der Waals surface area contributed by atoms with Gasteiger partial charge in [-0.05, 0) is 23.8 Å². The van der Waals surface area contributed by atoms with Crippen LogP contribution in [0.1, 0.15) is 41.5 Å². The maximum Gasteiger partial charge on any atom is 0.215 e. The lowest BCUT2D eigenvalue weighted by atomic mass is 9.85. The summed E-state index contributed by atoms with van der Waals surface area (Å²) in [5.74, 6) is 1.23. The van der Waals surface area contributed by atoms with Crippen molar-refractivity contribution in [2.45, 2.75) is 45.9 Å². The molecule has 1 aliphatic carbocycles. The smallest absolute Gasteiger partial charge is 0.215 e. The molecule has 0 bridgehead atoms. The summed E-state index contributed by atoms with van der Waals surface area (Å²) in [6.07, 6.45) is 5.61. The fourth-order valence-corrected chi connectivity index (χ4v) is 3.14. The van der Waals surface area contributed by atoms with Gasteiger partial charge in [-0.1, -0.05) is 76.3 Å². The van der Waals surface area contributed by atoms with E-state index in [0.29, 0.717) is 5.57 Å². The van der Waals surface area contributed by atoms with Gasteiger partial charge in [0.05, 0.1) is 5.03 Å². The number of alkyl halides is 2. The molecule has 0 spiro atoms. The number of Topliss-reactive ketones (excluding diaryl/α,β-unsaturated/α-hetero) is 1. The van der Waals surface area contributed by atoms with Crippen molar-refractivity contribution in [1.82, 2.24) is 0 Å². The van der Waals surface area contributed by atoms with Crippen LogP contribution >= 0.6 is 34.8 Å². The molecule has 2 rings (SSSR count). The van der Waals surface area contributed by atoms with E-state index in [-0.39, 0.29) is 15.9 Å². The standard InChI is InChI=1S/C18H21Cl3O2/c1-16(2,3)12-8-10(9-13(23-12)17(4,5)6)7-11-14(19)15(22)18(11,20)21/h7-9H,1-6H3. The molecule has 0 saturated carbocycles. The Hall–Kier alpha value is -0.700. The fraction of sp³-hybridized carbons (Fsp3) is 0.500. The highest BCUT2D eigenvalue weighted by atomic mass is 35.5. The first kappa shape index (κ1) is 18.6. The van der Waals surface area contributed by atoms with Crippen molar-refractivity contribution < 1.29 is 9.53 Å². The lowest BCUT2D eigenvalue weighted by Crippen LogP contribution is -2.39. The van der Waals surface area contributed by atoms with Gasteiger partial charge in [-0.15, -0.1) is 0 Å². The number of ketones is 1. The van der Waals surface area contributed by atoms with Gasteiger partial charge in [0.15, 0.2) is 0 Å². The van der Waals surface area contributed by atoms with E-state index >= 15 is 0 Å². The minimum atomic E-state index is -1.56. The molecule has 1 heterocycles. The van der Waals surface area contributed by atoms with Gasteiger partial charge in [0, 0.05) is 16.4 Å². The van der Waals surface area contributed by atoms with Crippen LogP contribution in [0.25, 0.3) is 0 Å². The van der Waals surface area contributed by atoms with Gasteiger partial charge in [-0.2, -0.15) is 0 Å². The van der Waals surface area contributed by atoms with Crippen LogP contribution in [0, 0.1) is 10.8 Å². The highest BCUT2D eigenvalue weighted by Crippen LogP contribution is 2.48. The molecule has 0 N–H and O–H groups in total. The number of hydrogen-bond acceptors (Lipinski definition) is 2. The van der Waals surface area contributed by atoms with Crippen LogP contribution in [0.3, 0.4) is 0 Å². The van der Waals surface area contributed by atoms with E-state index in [1.165, 1.54) is 0 Å². The number of carbonyl (C=O) groups excluding carboxylic acids is 1. The van der Waals surface area contributed by atoms with Crippen LogP contribution in [0.4, 0.5) is 0 Å². The zero-order valence-corrected chi connectivity index (χ0v) is 16.5. The largest absolute Gasteiger partial charge is 0.465 e. The van der Waals surface area contributed by atoms with Crippen LogP contribution in [0.2, 0.25) is 0 Å². The third-order valence-electron chi connectivity index (χ3n) is 3.66. The highest BCUT2D eigenvalue weighted by Gasteiger charge is 2.50. The van der Waals surface area contributed by atoms with Gasteiger partial charge in [0.25, 0.3) is 0 Å². The average Bonchev–Trinajstić information content (AvgIpc) is 2.41. The summed E-state index contributed by atoms with van der Waals surface area (Å²) in [6.45, 7) is 12.5. The monoisotopic (exact) mass is 374 g/mol. The second kappa shape index (κ2) is 5.68. The number of carbonyl (C=O) groups is 1. The Morgan fingerprint density at radius 3 is 1.78 bits per heavy atom. The quantitative estimate of drug-likeness (QED) is 0.521. The van der Waals surface area contributed by atoms with Crippen LogP contribution in [0.5, 0.6) is 0 Å². The summed E-state index contributed by atoms with van der Waals surface area (Å²) in [6, 6.07) is 0. The average molecular weight is 376 g/mol. The Morgan fingerprint density at radius 2 is 1.43 bits per heavy atom. The van der Waals surface area contributed by atoms with Crippen molar-refractivity contribution in [3.05, 3.63) is 45.9 Å². The second-order valence-electron chi connectivity index (χ2n) is 7.89. The molecule has 126 valence electrons. The number of rotatable bonds is 1. The molecule has 0 saturated heterocycles. The van der Waals surface area contributed by atoms with Crippen molar-refractivity contribution >= 4 is 40.6 Å². The Morgan fingerprint density at radius 1 is 1.00 bits per heavy atom. The minimum absolute atomic E-state index is 0.0883. The topological polar surface area (TPSA) is 26.3 Å². The lowest BCUT2D eigenvalue weighted by molar-refractivity contribution is -0.116. The SMILES string of the molecule is CC(C)(C)C1=CC(=CC2=C(Cl)C(=O)C2(Cl)Cl)C=C(C(C)(C)C)O1. The van der Waals surface area contributed by atoms with Gasteiger partial charge in [-0.3, -0.25) is 4.79 Å². The van der Waals surface area contributed by atoms with Crippen molar-refractivity contribution in [3.63, 3.8) is 0 Å². The summed E-state index contributed by atoms with van der Waals surface area (Å²) in [7, 11) is 0. The van der Waals surface area contributed by atoms with Crippen molar-refractivity contribution in [2.75, 3.05) is 0 Å². The van der Waals surface area contributed by atoms with Crippen LogP contribution in [-0.4, -0.2) is 10.1 Å². The molecule has 2 nitrogen and oxygen atoms in total. The molecule has 2 aliphatic rings. The van der Waals surface area contributed by atoms with Crippen LogP contribution in [-0.2, 0) is 9.53 Å². The zero-order valence-electron chi connectivity index (χ0n) is 14.2. The molecule has 0 amide bonds. The Labute approximate surface area is 152 Å². The van der Waals surface area contributed by atoms with E-state index in [0.717, 1.165) is 17.1 Å². The van der Waals surface area contributed by atoms with Gasteiger partial charge in [-0.25, -0.2) is 0 Å². The Kier molecular flexibility index (Phi) is 4.60. The molecule has 23 heavy (non-hydrogen) atoms. The first-order valence-corrected chi connectivity index (χ1v) is 8.55. The van der Waals surface area contributed by atoms with E-state index in [1.807, 2.05) is 12.2 Å². The molecule has 0 aromatic rings. The fourth-order valence-electron chi connectivity index (χ4n) is 2.12. The minimum Gasteiger partial charge on any atom is -0.465 e. The van der Waals surface area contributed by atoms with Crippen LogP contribution < -0.4 is 0 Å². The van der Waals surface area contributed by atoms with E-state index in [1.54, 1.807) is 6.08 Å². The summed E-state index contributed by atoms with van der Waals surface area (Å²) in [4.78, 5) is 11.6. The normalized spacial score (nSPS) is 21.4. The number of hydrogen-bond donors (Lipinski definition) is 0. The molecule has 0 atom stereocenters. The van der Waals surface area contributed by atoms with E-state index in [2.05, 4.69) is 41.5 Å². The first-order chi connectivity index (χ1) is 10.2. The summed E-state index contributed by atoms with van der Waals surface area (Å²) in [5, 5.41) is 0.0883. The molecule has 1 aliphatic heterocycles. The predicted molar refractivity (Wildman–Crippen MR) is 96.6 cm³/mol. The third-order valence-corrected chi connectivity index (χ3v) is 4.79. The van der Waals surface area contributed by atoms with Gasteiger partial charge in [0.2, 0.25) is 10.1 Å². The second-order valence-corrected chi connectivity index (χ2v) is 9.60. The zero-order chi connectivity index (χ0) is 17.8. The van der Waals surface area contributed by atoms with Crippen LogP contribution in [0.15, 0.2) is 45.9 Å².